The van der Waals surface area contributed by atoms with E-state index < -0.39 is 4.92 Å². The third kappa shape index (κ3) is 3.34. The maximum Gasteiger partial charge on any atom is 0.271 e. The smallest absolute Gasteiger partial charge is 0.271 e. The number of hydrogen-bond acceptors (Lipinski definition) is 4. The molecular formula is C12H16ClN3O2. The summed E-state index contributed by atoms with van der Waals surface area (Å²) in [7, 11) is 0. The van der Waals surface area contributed by atoms with Gasteiger partial charge in [0, 0.05) is 24.7 Å². The van der Waals surface area contributed by atoms with Crippen LogP contribution in [0.2, 0.25) is 5.02 Å². The Bertz CT molecular complexity index is 433. The molecule has 0 amide bonds. The molecule has 18 heavy (non-hydrogen) atoms. The summed E-state index contributed by atoms with van der Waals surface area (Å²) in [5, 5.41) is 17.6. The van der Waals surface area contributed by atoms with Gasteiger partial charge >= 0.3 is 0 Å². The molecule has 0 aliphatic carbocycles. The van der Waals surface area contributed by atoms with Crippen molar-refractivity contribution in [3.8, 4) is 0 Å². The zero-order valence-electron chi connectivity index (χ0n) is 9.99. The summed E-state index contributed by atoms with van der Waals surface area (Å²) in [4.78, 5) is 10.1. The molecule has 1 aliphatic heterocycles. The zero-order valence-corrected chi connectivity index (χ0v) is 10.7. The molecule has 1 saturated heterocycles. The molecule has 2 N–H and O–H groups in total. The second-order valence-electron chi connectivity index (χ2n) is 4.43. The Balaban J connectivity index is 1.87. The molecule has 0 radical (unpaired) electrons. The highest BCUT2D eigenvalue weighted by molar-refractivity contribution is 6.33. The average molecular weight is 270 g/mol. The predicted octanol–water partition coefficient (Wildman–Crippen LogP) is 2.80. The van der Waals surface area contributed by atoms with E-state index in [1.807, 2.05) is 0 Å². The largest absolute Gasteiger partial charge is 0.384 e. The number of rotatable bonds is 5. The van der Waals surface area contributed by atoms with Crippen molar-refractivity contribution in [2.24, 2.45) is 0 Å². The van der Waals surface area contributed by atoms with Gasteiger partial charge in [0.1, 0.15) is 0 Å². The minimum Gasteiger partial charge on any atom is -0.384 e. The molecule has 1 aromatic rings. The summed E-state index contributed by atoms with van der Waals surface area (Å²) < 4.78 is 0. The highest BCUT2D eigenvalue weighted by Crippen LogP contribution is 2.26. The molecule has 1 heterocycles. The van der Waals surface area contributed by atoms with Crippen molar-refractivity contribution in [2.75, 3.05) is 18.4 Å². The highest BCUT2D eigenvalue weighted by Gasteiger charge is 2.14. The minimum absolute atomic E-state index is 0.0167. The third-order valence-electron chi connectivity index (χ3n) is 3.13. The van der Waals surface area contributed by atoms with Gasteiger partial charge in [-0.2, -0.15) is 0 Å². The van der Waals surface area contributed by atoms with Crippen LogP contribution in [0.4, 0.5) is 11.4 Å². The normalized spacial score (nSPS) is 18.8. The van der Waals surface area contributed by atoms with Crippen molar-refractivity contribution in [3.05, 3.63) is 33.3 Å². The molecule has 1 atom stereocenters. The van der Waals surface area contributed by atoms with E-state index in [2.05, 4.69) is 10.6 Å². The fourth-order valence-electron chi connectivity index (χ4n) is 2.15. The molecule has 0 aromatic heterocycles. The standard InChI is InChI=1S/C12H16ClN3O2/c13-11-8-10(16(17)18)3-4-12(11)15-7-5-9-2-1-6-14-9/h3-4,8-9,14-15H,1-2,5-7H2/t9-/m0/s1. The number of nitrogens with zero attached hydrogens (tertiary/aromatic N) is 1. The Labute approximate surface area is 111 Å². The molecule has 0 unspecified atom stereocenters. The van der Waals surface area contributed by atoms with Crippen LogP contribution in [-0.4, -0.2) is 24.1 Å². The maximum absolute atomic E-state index is 10.6. The average Bonchev–Trinajstić information content (AvgIpc) is 2.84. The van der Waals surface area contributed by atoms with Crippen LogP contribution in [0.3, 0.4) is 0 Å². The summed E-state index contributed by atoms with van der Waals surface area (Å²) >= 11 is 5.99. The lowest BCUT2D eigenvalue weighted by atomic mass is 10.1. The first kappa shape index (κ1) is 13.1. The van der Waals surface area contributed by atoms with Crippen molar-refractivity contribution in [2.45, 2.75) is 25.3 Å². The maximum atomic E-state index is 10.6. The van der Waals surface area contributed by atoms with Gasteiger partial charge in [-0.15, -0.1) is 0 Å². The molecule has 98 valence electrons. The second kappa shape index (κ2) is 6.02. The molecule has 2 rings (SSSR count). The minimum atomic E-state index is -0.446. The van der Waals surface area contributed by atoms with Gasteiger partial charge < -0.3 is 10.6 Å². The summed E-state index contributed by atoms with van der Waals surface area (Å²) in [5.41, 5.74) is 0.767. The number of halogens is 1. The van der Waals surface area contributed by atoms with E-state index in [4.69, 9.17) is 11.6 Å². The van der Waals surface area contributed by atoms with Crippen molar-refractivity contribution >= 4 is 23.0 Å². The Kier molecular flexibility index (Phi) is 4.38. The first-order chi connectivity index (χ1) is 8.66. The van der Waals surface area contributed by atoms with Gasteiger partial charge in [0.25, 0.3) is 5.69 Å². The SMILES string of the molecule is O=[N+]([O-])c1ccc(NCC[C@@H]2CCCN2)c(Cl)c1. The number of benzene rings is 1. The Hall–Kier alpha value is -1.33. The second-order valence-corrected chi connectivity index (χ2v) is 4.84. The number of anilines is 1. The Morgan fingerprint density at radius 3 is 3.00 bits per heavy atom. The van der Waals surface area contributed by atoms with E-state index in [0.717, 1.165) is 25.2 Å². The van der Waals surface area contributed by atoms with Crippen LogP contribution < -0.4 is 10.6 Å². The molecular weight excluding hydrogens is 254 g/mol. The molecule has 1 aliphatic rings. The van der Waals surface area contributed by atoms with Gasteiger partial charge in [-0.1, -0.05) is 11.6 Å². The van der Waals surface area contributed by atoms with Gasteiger partial charge in [0.15, 0.2) is 0 Å². The van der Waals surface area contributed by atoms with Crippen LogP contribution in [0.1, 0.15) is 19.3 Å². The predicted molar refractivity (Wildman–Crippen MR) is 72.2 cm³/mol. The topological polar surface area (TPSA) is 67.2 Å². The van der Waals surface area contributed by atoms with Crippen LogP contribution in [0.5, 0.6) is 0 Å². The van der Waals surface area contributed by atoms with Crippen LogP contribution in [0, 0.1) is 10.1 Å². The van der Waals surface area contributed by atoms with E-state index >= 15 is 0 Å². The summed E-state index contributed by atoms with van der Waals surface area (Å²) in [6.45, 7) is 1.91. The van der Waals surface area contributed by atoms with Gasteiger partial charge in [-0.25, -0.2) is 0 Å². The quantitative estimate of drug-likeness (QED) is 0.637. The fourth-order valence-corrected chi connectivity index (χ4v) is 2.39. The monoisotopic (exact) mass is 269 g/mol. The Morgan fingerprint density at radius 1 is 1.56 bits per heavy atom. The Morgan fingerprint density at radius 2 is 2.39 bits per heavy atom. The van der Waals surface area contributed by atoms with Crippen molar-refractivity contribution in [1.82, 2.24) is 5.32 Å². The molecule has 5 nitrogen and oxygen atoms in total. The highest BCUT2D eigenvalue weighted by atomic mass is 35.5. The van der Waals surface area contributed by atoms with Crippen LogP contribution in [-0.2, 0) is 0 Å². The lowest BCUT2D eigenvalue weighted by molar-refractivity contribution is -0.384. The number of non-ortho nitro benzene ring substituents is 1. The van der Waals surface area contributed by atoms with E-state index in [1.165, 1.54) is 25.0 Å². The first-order valence-corrected chi connectivity index (χ1v) is 6.46. The third-order valence-corrected chi connectivity index (χ3v) is 3.45. The molecule has 0 saturated carbocycles. The molecule has 6 heteroatoms. The molecule has 0 bridgehead atoms. The lowest BCUT2D eigenvalue weighted by Gasteiger charge is -2.12. The summed E-state index contributed by atoms with van der Waals surface area (Å²) in [6.07, 6.45) is 3.49. The number of nitrogens with one attached hydrogen (secondary N) is 2. The van der Waals surface area contributed by atoms with Gasteiger partial charge in [-0.3, -0.25) is 10.1 Å². The van der Waals surface area contributed by atoms with Crippen molar-refractivity contribution < 1.29 is 4.92 Å². The zero-order chi connectivity index (χ0) is 13.0. The fraction of sp³-hybridized carbons (Fsp3) is 0.500. The lowest BCUT2D eigenvalue weighted by Crippen LogP contribution is -2.24. The van der Waals surface area contributed by atoms with E-state index in [-0.39, 0.29) is 5.69 Å². The van der Waals surface area contributed by atoms with Gasteiger partial charge in [-0.05, 0) is 31.9 Å². The number of nitro groups is 1. The molecule has 1 fully saturated rings. The first-order valence-electron chi connectivity index (χ1n) is 6.08. The van der Waals surface area contributed by atoms with Crippen LogP contribution in [0.15, 0.2) is 18.2 Å². The summed E-state index contributed by atoms with van der Waals surface area (Å²) in [5.74, 6) is 0. The van der Waals surface area contributed by atoms with E-state index in [1.54, 1.807) is 6.07 Å². The molecule has 1 aromatic carbocycles. The van der Waals surface area contributed by atoms with Gasteiger partial charge in [0.05, 0.1) is 15.6 Å². The van der Waals surface area contributed by atoms with Crippen LogP contribution in [0.25, 0.3) is 0 Å². The van der Waals surface area contributed by atoms with E-state index in [9.17, 15) is 10.1 Å². The van der Waals surface area contributed by atoms with Crippen molar-refractivity contribution in [1.29, 1.82) is 0 Å². The summed E-state index contributed by atoms with van der Waals surface area (Å²) in [6, 6.07) is 5.07. The van der Waals surface area contributed by atoms with Gasteiger partial charge in [0.2, 0.25) is 0 Å². The molecule has 0 spiro atoms. The van der Waals surface area contributed by atoms with Crippen LogP contribution >= 0.6 is 11.6 Å². The number of hydrogen-bond donors (Lipinski definition) is 2. The van der Waals surface area contributed by atoms with E-state index in [0.29, 0.717) is 11.1 Å². The number of nitro benzene ring substituents is 1. The van der Waals surface area contributed by atoms with Crippen molar-refractivity contribution in [3.63, 3.8) is 0 Å².